The van der Waals surface area contributed by atoms with Gasteiger partial charge in [-0.25, -0.2) is 17.9 Å². The van der Waals surface area contributed by atoms with Gasteiger partial charge in [0.2, 0.25) is 10.0 Å². The van der Waals surface area contributed by atoms with Crippen LogP contribution in [0.2, 0.25) is 0 Å². The van der Waals surface area contributed by atoms with Crippen molar-refractivity contribution < 1.29 is 8.42 Å². The predicted molar refractivity (Wildman–Crippen MR) is 123 cm³/mol. The molecule has 166 valence electrons. The van der Waals surface area contributed by atoms with Crippen molar-refractivity contribution in [2.75, 3.05) is 44.2 Å². The summed E-state index contributed by atoms with van der Waals surface area (Å²) in [5.41, 5.74) is 3.50. The highest BCUT2D eigenvalue weighted by Crippen LogP contribution is 2.24. The molecule has 9 heteroatoms. The molecule has 0 aliphatic carbocycles. The summed E-state index contributed by atoms with van der Waals surface area (Å²) in [6.07, 6.45) is 1.74. The molecule has 1 aromatic heterocycles. The number of fused-ring (bicyclic) bond motifs is 1. The fraction of sp³-hybridized carbons (Fsp3) is 0.409. The Morgan fingerprint density at radius 3 is 2.55 bits per heavy atom. The van der Waals surface area contributed by atoms with Gasteiger partial charge in [0.15, 0.2) is 0 Å². The van der Waals surface area contributed by atoms with E-state index in [-0.39, 0.29) is 5.69 Å². The summed E-state index contributed by atoms with van der Waals surface area (Å²) in [6, 6.07) is 12.9. The zero-order valence-electron chi connectivity index (χ0n) is 17.7. The second kappa shape index (κ2) is 9.25. The monoisotopic (exact) mass is 443 g/mol. The zero-order chi connectivity index (χ0) is 21.8. The highest BCUT2D eigenvalue weighted by atomic mass is 32.2. The average molecular weight is 444 g/mol. The molecular weight excluding hydrogens is 414 g/mol. The van der Waals surface area contributed by atoms with Gasteiger partial charge < -0.3 is 14.9 Å². The highest BCUT2D eigenvalue weighted by molar-refractivity contribution is 7.89. The first-order valence-electron chi connectivity index (χ1n) is 10.7. The third-order valence-electron chi connectivity index (χ3n) is 5.74. The molecule has 0 spiro atoms. The topological polar surface area (TPSA) is 101 Å². The Bertz CT molecular complexity index is 1190. The number of nitrogens with zero attached hydrogens (tertiary/aromatic N) is 2. The number of unbranched alkanes of at least 4 members (excludes halogenated alkanes) is 1. The van der Waals surface area contributed by atoms with Gasteiger partial charge >= 0.3 is 5.69 Å². The summed E-state index contributed by atoms with van der Waals surface area (Å²) in [5, 5.41) is 0. The second-order valence-corrected chi connectivity index (χ2v) is 9.80. The van der Waals surface area contributed by atoms with E-state index >= 15 is 0 Å². The Kier molecular flexibility index (Phi) is 6.45. The van der Waals surface area contributed by atoms with Crippen molar-refractivity contribution in [1.82, 2.24) is 19.6 Å². The van der Waals surface area contributed by atoms with Crippen LogP contribution in [0, 0.1) is 6.92 Å². The maximum atomic E-state index is 12.4. The minimum Gasteiger partial charge on any atom is -0.367 e. The van der Waals surface area contributed by atoms with Crippen molar-refractivity contribution in [3.8, 4) is 0 Å². The van der Waals surface area contributed by atoms with E-state index in [2.05, 4.69) is 24.5 Å². The van der Waals surface area contributed by atoms with Crippen molar-refractivity contribution in [3.63, 3.8) is 0 Å². The molecule has 2 heterocycles. The lowest BCUT2D eigenvalue weighted by Crippen LogP contribution is -2.46. The zero-order valence-corrected chi connectivity index (χ0v) is 18.5. The molecule has 4 rings (SSSR count). The fourth-order valence-electron chi connectivity index (χ4n) is 4.05. The summed E-state index contributed by atoms with van der Waals surface area (Å²) in [5.74, 6) is 0. The van der Waals surface area contributed by atoms with Crippen LogP contribution in [0.1, 0.15) is 18.4 Å². The van der Waals surface area contributed by atoms with Crippen molar-refractivity contribution in [2.24, 2.45) is 0 Å². The van der Waals surface area contributed by atoms with Gasteiger partial charge in [-0.1, -0.05) is 18.2 Å². The van der Waals surface area contributed by atoms with Crippen LogP contribution in [-0.4, -0.2) is 62.6 Å². The summed E-state index contributed by atoms with van der Waals surface area (Å²) < 4.78 is 27.4. The molecule has 3 aromatic rings. The number of anilines is 1. The SMILES string of the molecule is Cc1cccc(S(=O)(=O)NCCCCN2CCN(c3cccc4[nH]c(=O)[nH]c34)CC2)c1. The van der Waals surface area contributed by atoms with E-state index in [1.54, 1.807) is 18.2 Å². The largest absolute Gasteiger partial charge is 0.367 e. The normalized spacial score (nSPS) is 15.6. The number of aryl methyl sites for hydroxylation is 1. The van der Waals surface area contributed by atoms with Crippen molar-refractivity contribution in [1.29, 1.82) is 0 Å². The van der Waals surface area contributed by atoms with Gasteiger partial charge in [-0.15, -0.1) is 0 Å². The highest BCUT2D eigenvalue weighted by Gasteiger charge is 2.19. The molecule has 0 unspecified atom stereocenters. The molecule has 1 aliphatic heterocycles. The van der Waals surface area contributed by atoms with Crippen LogP contribution in [-0.2, 0) is 10.0 Å². The van der Waals surface area contributed by atoms with E-state index < -0.39 is 10.0 Å². The summed E-state index contributed by atoms with van der Waals surface area (Å²) in [7, 11) is -3.44. The first-order valence-corrected chi connectivity index (χ1v) is 12.2. The van der Waals surface area contributed by atoms with Gasteiger partial charge in [0.1, 0.15) is 0 Å². The van der Waals surface area contributed by atoms with Crippen LogP contribution in [0.25, 0.3) is 11.0 Å². The van der Waals surface area contributed by atoms with Crippen LogP contribution < -0.4 is 15.3 Å². The number of rotatable bonds is 8. The minimum atomic E-state index is -3.44. The Morgan fingerprint density at radius 2 is 1.77 bits per heavy atom. The number of sulfonamides is 1. The number of aromatic amines is 2. The maximum Gasteiger partial charge on any atom is 0.323 e. The van der Waals surface area contributed by atoms with Gasteiger partial charge in [-0.2, -0.15) is 0 Å². The van der Waals surface area contributed by atoms with Crippen molar-refractivity contribution in [2.45, 2.75) is 24.7 Å². The van der Waals surface area contributed by atoms with Gasteiger partial charge in [0.05, 0.1) is 21.6 Å². The quantitative estimate of drug-likeness (QED) is 0.463. The van der Waals surface area contributed by atoms with E-state index in [0.29, 0.717) is 11.4 Å². The molecular formula is C22H29N5O3S. The van der Waals surface area contributed by atoms with Crippen LogP contribution in [0.3, 0.4) is 0 Å². The van der Waals surface area contributed by atoms with E-state index in [1.165, 1.54) is 0 Å². The molecule has 0 saturated carbocycles. The number of nitrogens with one attached hydrogen (secondary N) is 3. The van der Waals surface area contributed by atoms with E-state index in [0.717, 1.165) is 67.8 Å². The Morgan fingerprint density at radius 1 is 1.00 bits per heavy atom. The van der Waals surface area contributed by atoms with Gasteiger partial charge in [0, 0.05) is 32.7 Å². The van der Waals surface area contributed by atoms with Gasteiger partial charge in [0.25, 0.3) is 0 Å². The van der Waals surface area contributed by atoms with Crippen molar-refractivity contribution >= 4 is 26.7 Å². The molecule has 0 radical (unpaired) electrons. The van der Waals surface area contributed by atoms with E-state index in [9.17, 15) is 13.2 Å². The lowest BCUT2D eigenvalue weighted by atomic mass is 10.2. The maximum absolute atomic E-state index is 12.4. The Labute approximate surface area is 182 Å². The summed E-state index contributed by atoms with van der Waals surface area (Å²) >= 11 is 0. The number of imidazole rings is 1. The first kappa shape index (κ1) is 21.6. The third-order valence-corrected chi connectivity index (χ3v) is 7.19. The summed E-state index contributed by atoms with van der Waals surface area (Å²) in [6.45, 7) is 6.96. The Hall–Kier alpha value is -2.62. The minimum absolute atomic E-state index is 0.181. The molecule has 1 fully saturated rings. The predicted octanol–water partition coefficient (Wildman–Crippen LogP) is 2.05. The Balaban J connectivity index is 1.21. The standard InChI is InChI=1S/C22H29N5O3S/c1-17-6-4-7-18(16-17)31(29,30)23-10-2-3-11-26-12-14-27(15-13-26)20-9-5-8-19-21(20)25-22(28)24-19/h4-9,16,23H,2-3,10-15H2,1H3,(H2,24,25,28). The lowest BCUT2D eigenvalue weighted by molar-refractivity contribution is 0.253. The lowest BCUT2D eigenvalue weighted by Gasteiger charge is -2.36. The summed E-state index contributed by atoms with van der Waals surface area (Å²) in [4.78, 5) is 22.4. The first-order chi connectivity index (χ1) is 14.9. The number of para-hydroxylation sites is 1. The molecule has 0 atom stereocenters. The molecule has 8 nitrogen and oxygen atoms in total. The molecule has 3 N–H and O–H groups in total. The number of aromatic nitrogens is 2. The number of H-pyrrole nitrogens is 2. The smallest absolute Gasteiger partial charge is 0.323 e. The number of piperazine rings is 1. The van der Waals surface area contributed by atoms with E-state index in [1.807, 2.05) is 31.2 Å². The number of hydrogen-bond acceptors (Lipinski definition) is 5. The molecule has 0 bridgehead atoms. The van der Waals surface area contributed by atoms with Crippen LogP contribution in [0.15, 0.2) is 52.2 Å². The molecule has 31 heavy (non-hydrogen) atoms. The van der Waals surface area contributed by atoms with E-state index in [4.69, 9.17) is 0 Å². The number of hydrogen-bond donors (Lipinski definition) is 3. The molecule has 1 aliphatic rings. The third kappa shape index (κ3) is 5.17. The number of benzene rings is 2. The van der Waals surface area contributed by atoms with Crippen molar-refractivity contribution in [3.05, 3.63) is 58.5 Å². The second-order valence-electron chi connectivity index (χ2n) is 8.03. The molecule has 0 amide bonds. The molecule has 2 aromatic carbocycles. The average Bonchev–Trinajstić information content (AvgIpc) is 3.14. The molecule has 1 saturated heterocycles. The van der Waals surface area contributed by atoms with Gasteiger partial charge in [-0.3, -0.25) is 4.90 Å². The van der Waals surface area contributed by atoms with Crippen LogP contribution in [0.4, 0.5) is 5.69 Å². The van der Waals surface area contributed by atoms with Crippen LogP contribution in [0.5, 0.6) is 0 Å². The van der Waals surface area contributed by atoms with Gasteiger partial charge in [-0.05, 0) is 56.1 Å². The fourth-order valence-corrected chi connectivity index (χ4v) is 5.23. The van der Waals surface area contributed by atoms with Crippen LogP contribution >= 0.6 is 0 Å².